The predicted octanol–water partition coefficient (Wildman–Crippen LogP) is 2.97. The second-order valence-corrected chi connectivity index (χ2v) is 4.00. The number of ether oxygens (including phenoxy) is 2. The lowest BCUT2D eigenvalue weighted by Crippen LogP contribution is -2.07. The summed E-state index contributed by atoms with van der Waals surface area (Å²) in [6.07, 6.45) is 3.47. The predicted molar refractivity (Wildman–Crippen MR) is 69.2 cm³/mol. The standard InChI is InChI=1S/C14H20O4/c1-2-3-4-9-17-10-11-18-13-7-5-12(6-8-13)14(15)16/h5-8H,2-4,9-11H2,1H3,(H,15,16). The molecule has 0 fully saturated rings. The Bertz CT molecular complexity index is 345. The number of aromatic carboxylic acids is 1. The number of carboxylic acid groups (broad SMARTS) is 1. The van der Waals surface area contributed by atoms with Crippen LogP contribution in [0.5, 0.6) is 5.75 Å². The van der Waals surface area contributed by atoms with Gasteiger partial charge < -0.3 is 14.6 Å². The first kappa shape index (κ1) is 14.5. The topological polar surface area (TPSA) is 55.8 Å². The second kappa shape index (κ2) is 8.53. The van der Waals surface area contributed by atoms with Crippen molar-refractivity contribution in [2.24, 2.45) is 0 Å². The molecule has 0 aliphatic carbocycles. The van der Waals surface area contributed by atoms with E-state index in [1.54, 1.807) is 12.1 Å². The van der Waals surface area contributed by atoms with Gasteiger partial charge >= 0.3 is 5.97 Å². The molecule has 100 valence electrons. The van der Waals surface area contributed by atoms with Crippen molar-refractivity contribution < 1.29 is 19.4 Å². The van der Waals surface area contributed by atoms with Gasteiger partial charge in [-0.15, -0.1) is 0 Å². The molecule has 0 saturated carbocycles. The second-order valence-electron chi connectivity index (χ2n) is 4.00. The number of benzene rings is 1. The molecule has 0 bridgehead atoms. The number of carboxylic acids is 1. The van der Waals surface area contributed by atoms with E-state index in [9.17, 15) is 4.79 Å². The highest BCUT2D eigenvalue weighted by atomic mass is 16.5. The van der Waals surface area contributed by atoms with Crippen LogP contribution in [0.2, 0.25) is 0 Å². The van der Waals surface area contributed by atoms with Crippen molar-refractivity contribution in [3.05, 3.63) is 29.8 Å². The smallest absolute Gasteiger partial charge is 0.335 e. The van der Waals surface area contributed by atoms with Crippen LogP contribution in [0, 0.1) is 0 Å². The summed E-state index contributed by atoms with van der Waals surface area (Å²) in [6.45, 7) is 3.97. The van der Waals surface area contributed by atoms with Gasteiger partial charge in [-0.25, -0.2) is 4.79 Å². The highest BCUT2D eigenvalue weighted by Gasteiger charge is 2.01. The van der Waals surface area contributed by atoms with Crippen LogP contribution in [0.1, 0.15) is 36.5 Å². The maximum absolute atomic E-state index is 10.6. The molecule has 0 amide bonds. The Kier molecular flexibility index (Phi) is 6.87. The Balaban J connectivity index is 2.14. The van der Waals surface area contributed by atoms with Crippen LogP contribution in [-0.2, 0) is 4.74 Å². The molecule has 1 rings (SSSR count). The van der Waals surface area contributed by atoms with Gasteiger partial charge in [0.15, 0.2) is 0 Å². The summed E-state index contributed by atoms with van der Waals surface area (Å²) in [5.41, 5.74) is 0.262. The lowest BCUT2D eigenvalue weighted by atomic mass is 10.2. The van der Waals surface area contributed by atoms with E-state index in [-0.39, 0.29) is 5.56 Å². The molecule has 18 heavy (non-hydrogen) atoms. The number of hydrogen-bond donors (Lipinski definition) is 1. The fraction of sp³-hybridized carbons (Fsp3) is 0.500. The maximum Gasteiger partial charge on any atom is 0.335 e. The van der Waals surface area contributed by atoms with Crippen molar-refractivity contribution in [2.45, 2.75) is 26.2 Å². The molecule has 0 unspecified atom stereocenters. The summed E-state index contributed by atoms with van der Waals surface area (Å²) < 4.78 is 10.8. The molecule has 0 saturated heterocycles. The van der Waals surface area contributed by atoms with E-state index in [4.69, 9.17) is 14.6 Å². The summed E-state index contributed by atoms with van der Waals surface area (Å²) >= 11 is 0. The van der Waals surface area contributed by atoms with E-state index < -0.39 is 5.97 Å². The van der Waals surface area contributed by atoms with Gasteiger partial charge in [-0.1, -0.05) is 19.8 Å². The van der Waals surface area contributed by atoms with E-state index in [1.807, 2.05) is 0 Å². The van der Waals surface area contributed by atoms with Crippen LogP contribution < -0.4 is 4.74 Å². The summed E-state index contributed by atoms with van der Waals surface area (Å²) in [6, 6.07) is 6.36. The SMILES string of the molecule is CCCCCOCCOc1ccc(C(=O)O)cc1. The number of unbranched alkanes of at least 4 members (excludes halogenated alkanes) is 2. The minimum absolute atomic E-state index is 0.262. The molecule has 1 aromatic carbocycles. The van der Waals surface area contributed by atoms with Gasteiger partial charge in [0.05, 0.1) is 12.2 Å². The summed E-state index contributed by atoms with van der Waals surface area (Å²) in [5, 5.41) is 8.73. The van der Waals surface area contributed by atoms with Crippen LogP contribution in [0.25, 0.3) is 0 Å². The first-order valence-electron chi connectivity index (χ1n) is 6.28. The van der Waals surface area contributed by atoms with Crippen LogP contribution in [0.3, 0.4) is 0 Å². The third-order valence-corrected chi connectivity index (χ3v) is 2.49. The first-order valence-corrected chi connectivity index (χ1v) is 6.28. The molecule has 0 spiro atoms. The van der Waals surface area contributed by atoms with Crippen LogP contribution in [-0.4, -0.2) is 30.9 Å². The minimum Gasteiger partial charge on any atom is -0.491 e. The number of hydrogen-bond acceptors (Lipinski definition) is 3. The Morgan fingerprint density at radius 3 is 2.44 bits per heavy atom. The zero-order chi connectivity index (χ0) is 13.2. The molecule has 0 atom stereocenters. The fourth-order valence-electron chi connectivity index (χ4n) is 1.47. The molecular formula is C14H20O4. The highest BCUT2D eigenvalue weighted by Crippen LogP contribution is 2.11. The molecular weight excluding hydrogens is 232 g/mol. The Morgan fingerprint density at radius 1 is 1.11 bits per heavy atom. The van der Waals surface area contributed by atoms with E-state index in [1.165, 1.54) is 25.0 Å². The maximum atomic E-state index is 10.6. The fourth-order valence-corrected chi connectivity index (χ4v) is 1.47. The third kappa shape index (κ3) is 5.68. The lowest BCUT2D eigenvalue weighted by Gasteiger charge is -2.07. The van der Waals surface area contributed by atoms with Crippen molar-refractivity contribution in [1.82, 2.24) is 0 Å². The first-order chi connectivity index (χ1) is 8.74. The minimum atomic E-state index is -0.930. The molecule has 0 aromatic heterocycles. The molecule has 0 radical (unpaired) electrons. The largest absolute Gasteiger partial charge is 0.491 e. The van der Waals surface area contributed by atoms with E-state index in [2.05, 4.69) is 6.92 Å². The summed E-state index contributed by atoms with van der Waals surface area (Å²) in [4.78, 5) is 10.6. The van der Waals surface area contributed by atoms with Crippen molar-refractivity contribution >= 4 is 5.97 Å². The average Bonchev–Trinajstić information content (AvgIpc) is 2.38. The normalized spacial score (nSPS) is 10.3. The monoisotopic (exact) mass is 252 g/mol. The third-order valence-electron chi connectivity index (χ3n) is 2.49. The van der Waals surface area contributed by atoms with Gasteiger partial charge in [0.25, 0.3) is 0 Å². The van der Waals surface area contributed by atoms with Gasteiger partial charge in [-0.3, -0.25) is 0 Å². The lowest BCUT2D eigenvalue weighted by molar-refractivity contribution is 0.0696. The van der Waals surface area contributed by atoms with Crippen molar-refractivity contribution in [3.8, 4) is 5.75 Å². The van der Waals surface area contributed by atoms with Crippen LogP contribution in [0.4, 0.5) is 0 Å². The number of rotatable bonds is 9. The Labute approximate surface area is 108 Å². The molecule has 0 aliphatic rings. The van der Waals surface area contributed by atoms with Gasteiger partial charge in [0.2, 0.25) is 0 Å². The van der Waals surface area contributed by atoms with Crippen molar-refractivity contribution in [3.63, 3.8) is 0 Å². The quantitative estimate of drug-likeness (QED) is 0.686. The number of carbonyl (C=O) groups is 1. The Hall–Kier alpha value is -1.55. The molecule has 1 aromatic rings. The van der Waals surface area contributed by atoms with Crippen molar-refractivity contribution in [1.29, 1.82) is 0 Å². The summed E-state index contributed by atoms with van der Waals surface area (Å²) in [5.74, 6) is -0.266. The zero-order valence-electron chi connectivity index (χ0n) is 10.7. The highest BCUT2D eigenvalue weighted by molar-refractivity contribution is 5.87. The van der Waals surface area contributed by atoms with E-state index >= 15 is 0 Å². The van der Waals surface area contributed by atoms with Gasteiger partial charge in [0.1, 0.15) is 12.4 Å². The zero-order valence-corrected chi connectivity index (χ0v) is 10.7. The molecule has 1 N–H and O–H groups in total. The van der Waals surface area contributed by atoms with Crippen LogP contribution in [0.15, 0.2) is 24.3 Å². The Morgan fingerprint density at radius 2 is 1.83 bits per heavy atom. The molecule has 0 aliphatic heterocycles. The van der Waals surface area contributed by atoms with Gasteiger partial charge in [0, 0.05) is 6.61 Å². The van der Waals surface area contributed by atoms with E-state index in [0.29, 0.717) is 19.0 Å². The van der Waals surface area contributed by atoms with Gasteiger partial charge in [-0.2, -0.15) is 0 Å². The molecule has 0 heterocycles. The van der Waals surface area contributed by atoms with Crippen LogP contribution >= 0.6 is 0 Å². The van der Waals surface area contributed by atoms with Gasteiger partial charge in [-0.05, 0) is 30.7 Å². The summed E-state index contributed by atoms with van der Waals surface area (Å²) in [7, 11) is 0. The molecule has 4 heteroatoms. The average molecular weight is 252 g/mol. The molecule has 4 nitrogen and oxygen atoms in total. The van der Waals surface area contributed by atoms with Crippen molar-refractivity contribution in [2.75, 3.05) is 19.8 Å². The van der Waals surface area contributed by atoms with E-state index in [0.717, 1.165) is 13.0 Å².